The van der Waals surface area contributed by atoms with Crippen molar-refractivity contribution in [3.63, 3.8) is 0 Å². The van der Waals surface area contributed by atoms with Gasteiger partial charge in [0.25, 0.3) is 0 Å². The summed E-state index contributed by atoms with van der Waals surface area (Å²) in [4.78, 5) is 28.1. The van der Waals surface area contributed by atoms with Gasteiger partial charge in [-0.25, -0.2) is 9.97 Å². The molecule has 1 fully saturated rings. The minimum Gasteiger partial charge on any atom is -0.452 e. The van der Waals surface area contributed by atoms with Crippen LogP contribution in [0.15, 0.2) is 35.5 Å². The molecule has 34 heavy (non-hydrogen) atoms. The molecule has 1 aliphatic rings. The monoisotopic (exact) mass is 500 g/mol. The molecule has 3 aromatic heterocycles. The average Bonchev–Trinajstić information content (AvgIpc) is 3.31. The highest BCUT2D eigenvalue weighted by Gasteiger charge is 2.25. The number of ether oxygens (including phenoxy) is 2. The van der Waals surface area contributed by atoms with Crippen molar-refractivity contribution >= 4 is 40.2 Å². The predicted octanol–water partition coefficient (Wildman–Crippen LogP) is 4.64. The standard InChI is InChI=1S/C23H28N6O3S2/c1-15-19(5-4-8-24-15)32-20-13-18(33-12-11-31-3)14-25-22(20)27-23-26-21(28-34-23)17-6-9-29(10-7-17)16(2)30/h4-5,8,13-14,17H,6-7,9-12H2,1-3H3,(H,25,26,27,28). The van der Waals surface area contributed by atoms with E-state index in [1.165, 1.54) is 11.5 Å². The van der Waals surface area contributed by atoms with E-state index in [0.717, 1.165) is 48.1 Å². The van der Waals surface area contributed by atoms with Gasteiger partial charge in [0.15, 0.2) is 11.6 Å². The number of thioether (sulfide) groups is 1. The zero-order valence-corrected chi connectivity index (χ0v) is 21.1. The molecular formula is C23H28N6O3S2. The largest absolute Gasteiger partial charge is 0.452 e. The highest BCUT2D eigenvalue weighted by atomic mass is 32.2. The molecule has 0 bridgehead atoms. The fraction of sp³-hybridized carbons (Fsp3) is 0.435. The predicted molar refractivity (Wildman–Crippen MR) is 133 cm³/mol. The molecule has 4 rings (SSSR count). The van der Waals surface area contributed by atoms with E-state index >= 15 is 0 Å². The topological polar surface area (TPSA) is 102 Å². The normalized spacial score (nSPS) is 14.3. The first-order valence-electron chi connectivity index (χ1n) is 11.1. The Morgan fingerprint density at radius 3 is 2.85 bits per heavy atom. The third-order valence-corrected chi connectivity index (χ3v) is 7.11. The molecule has 0 unspecified atom stereocenters. The van der Waals surface area contributed by atoms with Crippen LogP contribution in [0.1, 0.15) is 37.2 Å². The number of pyridine rings is 2. The summed E-state index contributed by atoms with van der Waals surface area (Å²) in [6.07, 6.45) is 5.29. The second-order valence-corrected chi connectivity index (χ2v) is 9.83. The van der Waals surface area contributed by atoms with Crippen molar-refractivity contribution in [2.24, 2.45) is 0 Å². The first kappa shape index (κ1) is 24.4. The Morgan fingerprint density at radius 2 is 2.12 bits per heavy atom. The lowest BCUT2D eigenvalue weighted by Gasteiger charge is -2.29. The van der Waals surface area contributed by atoms with Crippen LogP contribution in [0.25, 0.3) is 0 Å². The Kier molecular flexibility index (Phi) is 8.30. The Morgan fingerprint density at radius 1 is 1.29 bits per heavy atom. The van der Waals surface area contributed by atoms with Gasteiger partial charge < -0.3 is 19.7 Å². The van der Waals surface area contributed by atoms with E-state index in [0.29, 0.717) is 29.1 Å². The summed E-state index contributed by atoms with van der Waals surface area (Å²) in [5.74, 6) is 3.83. The van der Waals surface area contributed by atoms with Gasteiger partial charge in [-0.05, 0) is 38.0 Å². The number of piperidine rings is 1. The second-order valence-electron chi connectivity index (χ2n) is 7.91. The maximum Gasteiger partial charge on any atom is 0.219 e. The van der Waals surface area contributed by atoms with Gasteiger partial charge in [0, 0.05) is 67.6 Å². The highest BCUT2D eigenvalue weighted by molar-refractivity contribution is 7.99. The smallest absolute Gasteiger partial charge is 0.219 e. The molecule has 0 aliphatic carbocycles. The molecule has 1 amide bonds. The van der Waals surface area contributed by atoms with Gasteiger partial charge in [-0.15, -0.1) is 11.8 Å². The lowest BCUT2D eigenvalue weighted by Crippen LogP contribution is -2.36. The third-order valence-electron chi connectivity index (χ3n) is 5.53. The maximum absolute atomic E-state index is 11.6. The van der Waals surface area contributed by atoms with Crippen LogP contribution in [-0.4, -0.2) is 62.7 Å². The summed E-state index contributed by atoms with van der Waals surface area (Å²) in [5.41, 5.74) is 0.793. The summed E-state index contributed by atoms with van der Waals surface area (Å²) in [6, 6.07) is 5.68. The first-order chi connectivity index (χ1) is 16.5. The Labute approximate surface area is 207 Å². The molecule has 0 radical (unpaired) electrons. The van der Waals surface area contributed by atoms with Gasteiger partial charge in [0.1, 0.15) is 11.6 Å². The molecule has 0 aromatic carbocycles. The molecule has 0 spiro atoms. The van der Waals surface area contributed by atoms with Crippen LogP contribution in [-0.2, 0) is 9.53 Å². The van der Waals surface area contributed by atoms with Crippen molar-refractivity contribution < 1.29 is 14.3 Å². The molecule has 0 saturated carbocycles. The molecule has 11 heteroatoms. The van der Waals surface area contributed by atoms with Crippen LogP contribution in [0.5, 0.6) is 11.5 Å². The molecule has 1 N–H and O–H groups in total. The number of methoxy groups -OCH3 is 1. The van der Waals surface area contributed by atoms with E-state index in [4.69, 9.17) is 14.5 Å². The number of nitrogens with one attached hydrogen (secondary N) is 1. The number of carbonyl (C=O) groups excluding carboxylic acids is 1. The third kappa shape index (κ3) is 6.22. The number of anilines is 2. The number of hydrogen-bond donors (Lipinski definition) is 1. The zero-order chi connectivity index (χ0) is 23.9. The lowest BCUT2D eigenvalue weighted by atomic mass is 9.96. The summed E-state index contributed by atoms with van der Waals surface area (Å²) >= 11 is 2.95. The van der Waals surface area contributed by atoms with Crippen molar-refractivity contribution in [2.75, 3.05) is 37.9 Å². The summed E-state index contributed by atoms with van der Waals surface area (Å²) in [5, 5.41) is 3.94. The van der Waals surface area contributed by atoms with Crippen LogP contribution < -0.4 is 10.1 Å². The minimum absolute atomic E-state index is 0.123. The lowest BCUT2D eigenvalue weighted by molar-refractivity contribution is -0.129. The van der Waals surface area contributed by atoms with Crippen molar-refractivity contribution in [3.8, 4) is 11.5 Å². The highest BCUT2D eigenvalue weighted by Crippen LogP contribution is 2.35. The Bertz CT molecular complexity index is 1120. The van der Waals surface area contributed by atoms with Crippen LogP contribution in [0.4, 0.5) is 10.9 Å². The molecule has 1 saturated heterocycles. The van der Waals surface area contributed by atoms with Gasteiger partial charge in [-0.3, -0.25) is 9.78 Å². The molecule has 180 valence electrons. The van der Waals surface area contributed by atoms with Crippen molar-refractivity contribution in [2.45, 2.75) is 37.5 Å². The number of rotatable bonds is 9. The fourth-order valence-corrected chi connectivity index (χ4v) is 5.07. The van der Waals surface area contributed by atoms with Crippen molar-refractivity contribution in [1.29, 1.82) is 0 Å². The van der Waals surface area contributed by atoms with Crippen LogP contribution in [0.2, 0.25) is 0 Å². The number of nitrogens with zero attached hydrogens (tertiary/aromatic N) is 5. The van der Waals surface area contributed by atoms with Crippen LogP contribution >= 0.6 is 23.3 Å². The summed E-state index contributed by atoms with van der Waals surface area (Å²) in [6.45, 7) is 5.66. The number of amides is 1. The minimum atomic E-state index is 0.123. The molecule has 9 nitrogen and oxygen atoms in total. The van der Waals surface area contributed by atoms with E-state index < -0.39 is 0 Å². The number of carbonyl (C=O) groups is 1. The second kappa shape index (κ2) is 11.6. The van der Waals surface area contributed by atoms with E-state index in [1.54, 1.807) is 32.0 Å². The molecule has 3 aromatic rings. The Hall–Kier alpha value is -2.76. The van der Waals surface area contributed by atoms with E-state index in [9.17, 15) is 4.79 Å². The van der Waals surface area contributed by atoms with Crippen LogP contribution in [0.3, 0.4) is 0 Å². The van der Waals surface area contributed by atoms with E-state index in [1.807, 2.05) is 36.2 Å². The zero-order valence-electron chi connectivity index (χ0n) is 19.5. The first-order valence-corrected chi connectivity index (χ1v) is 12.9. The van der Waals surface area contributed by atoms with E-state index in [-0.39, 0.29) is 11.8 Å². The number of aryl methyl sites for hydroxylation is 1. The molecular weight excluding hydrogens is 472 g/mol. The van der Waals surface area contributed by atoms with Crippen LogP contribution in [0, 0.1) is 6.92 Å². The van der Waals surface area contributed by atoms with Gasteiger partial charge in [0.2, 0.25) is 11.0 Å². The fourth-order valence-electron chi connectivity index (χ4n) is 3.62. The maximum atomic E-state index is 11.6. The van der Waals surface area contributed by atoms with Gasteiger partial charge in [-0.1, -0.05) is 0 Å². The number of aromatic nitrogens is 4. The number of likely N-dealkylation sites (tertiary alicyclic amines) is 1. The number of hydrogen-bond acceptors (Lipinski definition) is 10. The van der Waals surface area contributed by atoms with Crippen molar-refractivity contribution in [3.05, 3.63) is 42.1 Å². The summed E-state index contributed by atoms with van der Waals surface area (Å²) < 4.78 is 15.9. The molecule has 1 aliphatic heterocycles. The average molecular weight is 501 g/mol. The van der Waals surface area contributed by atoms with Gasteiger partial charge >= 0.3 is 0 Å². The molecule has 4 heterocycles. The van der Waals surface area contributed by atoms with Gasteiger partial charge in [-0.2, -0.15) is 4.37 Å². The van der Waals surface area contributed by atoms with Crippen molar-refractivity contribution in [1.82, 2.24) is 24.2 Å². The van der Waals surface area contributed by atoms with E-state index in [2.05, 4.69) is 19.7 Å². The quantitative estimate of drug-likeness (QED) is 0.332. The van der Waals surface area contributed by atoms with Gasteiger partial charge in [0.05, 0.1) is 12.3 Å². The Balaban J connectivity index is 1.50. The SMILES string of the molecule is COCCSc1cnc(Nc2nc(C3CCN(C(C)=O)CC3)ns2)c(Oc2cccnc2C)c1. The molecule has 0 atom stereocenters. The summed E-state index contributed by atoms with van der Waals surface area (Å²) in [7, 11) is 1.69.